The van der Waals surface area contributed by atoms with Gasteiger partial charge in [-0.15, -0.1) is 0 Å². The Bertz CT molecular complexity index is 597. The predicted octanol–water partition coefficient (Wildman–Crippen LogP) is 4.91. The molecule has 2 aromatic rings. The molecular formula is C21H30N2O. The Hall–Kier alpha value is -1.74. The van der Waals surface area contributed by atoms with Gasteiger partial charge in [0, 0.05) is 18.4 Å². The van der Waals surface area contributed by atoms with Crippen molar-refractivity contribution < 1.29 is 5.11 Å². The van der Waals surface area contributed by atoms with E-state index in [4.69, 9.17) is 0 Å². The molecule has 1 fully saturated rings. The van der Waals surface area contributed by atoms with Gasteiger partial charge >= 0.3 is 0 Å². The lowest BCUT2D eigenvalue weighted by atomic mass is 10.1. The summed E-state index contributed by atoms with van der Waals surface area (Å²) >= 11 is 0. The zero-order valence-corrected chi connectivity index (χ0v) is 14.7. The van der Waals surface area contributed by atoms with Crippen LogP contribution in [0.2, 0.25) is 0 Å². The Morgan fingerprint density at radius 1 is 0.792 bits per heavy atom. The minimum atomic E-state index is 0.325. The van der Waals surface area contributed by atoms with Crippen LogP contribution in [-0.4, -0.2) is 34.2 Å². The van der Waals surface area contributed by atoms with Crippen molar-refractivity contribution in [3.05, 3.63) is 42.6 Å². The molecule has 1 aromatic heterocycles. The summed E-state index contributed by atoms with van der Waals surface area (Å²) in [4.78, 5) is 2.64. The molecule has 0 atom stereocenters. The fraction of sp³-hybridized carbons (Fsp3) is 0.524. The van der Waals surface area contributed by atoms with E-state index in [1.54, 1.807) is 12.1 Å². The first-order valence-corrected chi connectivity index (χ1v) is 9.50. The Morgan fingerprint density at radius 3 is 2.25 bits per heavy atom. The van der Waals surface area contributed by atoms with E-state index in [0.29, 0.717) is 5.75 Å². The monoisotopic (exact) mass is 326 g/mol. The van der Waals surface area contributed by atoms with Gasteiger partial charge in [0.25, 0.3) is 0 Å². The first kappa shape index (κ1) is 17.1. The summed E-state index contributed by atoms with van der Waals surface area (Å²) in [5, 5.41) is 9.43. The van der Waals surface area contributed by atoms with Crippen molar-refractivity contribution in [2.45, 2.75) is 51.5 Å². The Balaban J connectivity index is 1.38. The van der Waals surface area contributed by atoms with E-state index in [2.05, 4.69) is 27.8 Å². The second-order valence-electron chi connectivity index (χ2n) is 6.95. The minimum absolute atomic E-state index is 0.325. The number of aromatic nitrogens is 1. The lowest BCUT2D eigenvalue weighted by Crippen LogP contribution is -2.30. The molecular weight excluding hydrogens is 296 g/mol. The van der Waals surface area contributed by atoms with E-state index in [-0.39, 0.29) is 0 Å². The van der Waals surface area contributed by atoms with E-state index < -0.39 is 0 Å². The van der Waals surface area contributed by atoms with Crippen molar-refractivity contribution in [3.63, 3.8) is 0 Å². The lowest BCUT2D eigenvalue weighted by Gasteiger charge is -2.26. The third kappa shape index (κ3) is 4.88. The maximum absolute atomic E-state index is 9.43. The van der Waals surface area contributed by atoms with Crippen LogP contribution in [0.4, 0.5) is 0 Å². The van der Waals surface area contributed by atoms with Crippen molar-refractivity contribution in [1.82, 2.24) is 9.47 Å². The van der Waals surface area contributed by atoms with Gasteiger partial charge in [0.1, 0.15) is 5.75 Å². The van der Waals surface area contributed by atoms with E-state index in [9.17, 15) is 5.11 Å². The number of unbranched alkanes of at least 4 members (excludes halogenated alkanes) is 3. The van der Waals surface area contributed by atoms with Crippen LogP contribution in [-0.2, 0) is 6.54 Å². The molecule has 1 saturated heterocycles. The van der Waals surface area contributed by atoms with Crippen molar-refractivity contribution in [3.8, 4) is 17.0 Å². The molecule has 3 nitrogen and oxygen atoms in total. The molecule has 0 saturated carbocycles. The van der Waals surface area contributed by atoms with Crippen LogP contribution < -0.4 is 0 Å². The molecule has 0 aliphatic carbocycles. The molecule has 130 valence electrons. The van der Waals surface area contributed by atoms with Crippen LogP contribution in [0.3, 0.4) is 0 Å². The van der Waals surface area contributed by atoms with Crippen LogP contribution in [0.5, 0.6) is 5.75 Å². The van der Waals surface area contributed by atoms with Gasteiger partial charge in [-0.1, -0.05) is 19.3 Å². The summed E-state index contributed by atoms with van der Waals surface area (Å²) in [6.45, 7) is 5.01. The van der Waals surface area contributed by atoms with Crippen LogP contribution in [0, 0.1) is 0 Å². The van der Waals surface area contributed by atoms with Crippen LogP contribution >= 0.6 is 0 Å². The average molecular weight is 326 g/mol. The molecule has 1 aliphatic heterocycles. The summed E-state index contributed by atoms with van der Waals surface area (Å²) in [6, 6.07) is 11.8. The highest BCUT2D eigenvalue weighted by Crippen LogP contribution is 2.23. The second kappa shape index (κ2) is 8.93. The van der Waals surface area contributed by atoms with Crippen LogP contribution in [0.15, 0.2) is 42.6 Å². The van der Waals surface area contributed by atoms with E-state index in [1.807, 2.05) is 12.1 Å². The number of rotatable bonds is 8. The number of hydrogen-bond acceptors (Lipinski definition) is 2. The number of hydrogen-bond donors (Lipinski definition) is 1. The fourth-order valence-corrected chi connectivity index (χ4v) is 3.66. The SMILES string of the molecule is Oc1ccc(-c2cccn2CCCCCCN2CCCCC2)cc1. The van der Waals surface area contributed by atoms with Gasteiger partial charge in [0.2, 0.25) is 0 Å². The molecule has 0 spiro atoms. The van der Waals surface area contributed by atoms with Gasteiger partial charge in [-0.2, -0.15) is 0 Å². The topological polar surface area (TPSA) is 28.4 Å². The fourth-order valence-electron chi connectivity index (χ4n) is 3.66. The summed E-state index contributed by atoms with van der Waals surface area (Å²) < 4.78 is 2.33. The number of aromatic hydroxyl groups is 1. The predicted molar refractivity (Wildman–Crippen MR) is 100 cm³/mol. The zero-order valence-electron chi connectivity index (χ0n) is 14.7. The van der Waals surface area contributed by atoms with Gasteiger partial charge in [-0.05, 0) is 87.3 Å². The van der Waals surface area contributed by atoms with Gasteiger partial charge in [-0.3, -0.25) is 0 Å². The quantitative estimate of drug-likeness (QED) is 0.698. The van der Waals surface area contributed by atoms with Gasteiger partial charge < -0.3 is 14.6 Å². The third-order valence-electron chi connectivity index (χ3n) is 5.06. The zero-order chi connectivity index (χ0) is 16.6. The molecule has 0 radical (unpaired) electrons. The number of nitrogens with zero attached hydrogens (tertiary/aromatic N) is 2. The highest BCUT2D eigenvalue weighted by atomic mass is 16.3. The van der Waals surface area contributed by atoms with Crippen LogP contribution in [0.1, 0.15) is 44.9 Å². The normalized spacial score (nSPS) is 15.7. The molecule has 0 bridgehead atoms. The number of likely N-dealkylation sites (tertiary alicyclic amines) is 1. The van der Waals surface area contributed by atoms with E-state index >= 15 is 0 Å². The summed E-state index contributed by atoms with van der Waals surface area (Å²) in [7, 11) is 0. The number of aryl methyl sites for hydroxylation is 1. The number of piperidine rings is 1. The Labute approximate surface area is 145 Å². The molecule has 2 heterocycles. The maximum Gasteiger partial charge on any atom is 0.115 e. The maximum atomic E-state index is 9.43. The Morgan fingerprint density at radius 2 is 1.50 bits per heavy atom. The summed E-state index contributed by atoms with van der Waals surface area (Å²) in [6.07, 6.45) is 11.6. The van der Waals surface area contributed by atoms with Gasteiger partial charge in [0.05, 0.1) is 0 Å². The van der Waals surface area contributed by atoms with Crippen molar-refractivity contribution in [2.75, 3.05) is 19.6 Å². The third-order valence-corrected chi connectivity index (χ3v) is 5.06. The first-order valence-electron chi connectivity index (χ1n) is 9.50. The molecule has 1 aliphatic rings. The average Bonchev–Trinajstić information content (AvgIpc) is 3.08. The molecule has 0 amide bonds. The minimum Gasteiger partial charge on any atom is -0.508 e. The molecule has 1 aromatic carbocycles. The largest absolute Gasteiger partial charge is 0.508 e. The standard InChI is InChI=1S/C21H30N2O/c24-20-12-10-19(11-13-20)21-9-8-18-23(21)17-7-2-1-4-14-22-15-5-3-6-16-22/h8-13,18,24H,1-7,14-17H2. The van der Waals surface area contributed by atoms with Crippen molar-refractivity contribution in [1.29, 1.82) is 0 Å². The van der Waals surface area contributed by atoms with Crippen molar-refractivity contribution >= 4 is 0 Å². The van der Waals surface area contributed by atoms with Gasteiger partial charge in [0.15, 0.2) is 0 Å². The van der Waals surface area contributed by atoms with Crippen molar-refractivity contribution in [2.24, 2.45) is 0 Å². The van der Waals surface area contributed by atoms with E-state index in [0.717, 1.165) is 6.54 Å². The molecule has 24 heavy (non-hydrogen) atoms. The highest BCUT2D eigenvalue weighted by Gasteiger charge is 2.09. The number of phenols is 1. The lowest BCUT2D eigenvalue weighted by molar-refractivity contribution is 0.224. The molecule has 0 unspecified atom stereocenters. The molecule has 3 heteroatoms. The van der Waals surface area contributed by atoms with E-state index in [1.165, 1.54) is 75.8 Å². The summed E-state index contributed by atoms with van der Waals surface area (Å²) in [5.74, 6) is 0.325. The second-order valence-corrected chi connectivity index (χ2v) is 6.95. The van der Waals surface area contributed by atoms with Gasteiger partial charge in [-0.25, -0.2) is 0 Å². The molecule has 3 rings (SSSR count). The Kier molecular flexibility index (Phi) is 6.36. The van der Waals surface area contributed by atoms with Crippen LogP contribution in [0.25, 0.3) is 11.3 Å². The first-order chi connectivity index (χ1) is 11.8. The summed E-state index contributed by atoms with van der Waals surface area (Å²) in [5.41, 5.74) is 2.41. The number of phenolic OH excluding ortho intramolecular Hbond substituents is 1. The highest BCUT2D eigenvalue weighted by molar-refractivity contribution is 5.60. The molecule has 1 N–H and O–H groups in total. The smallest absolute Gasteiger partial charge is 0.115 e. The number of benzene rings is 1.